The second-order valence-corrected chi connectivity index (χ2v) is 6.56. The van der Waals surface area contributed by atoms with Gasteiger partial charge in [-0.15, -0.1) is 23.7 Å². The molecule has 2 aromatic heterocycles. The van der Waals surface area contributed by atoms with Crippen LogP contribution >= 0.6 is 23.7 Å². The highest BCUT2D eigenvalue weighted by Crippen LogP contribution is 2.37. The summed E-state index contributed by atoms with van der Waals surface area (Å²) in [5.41, 5.74) is 7.25. The van der Waals surface area contributed by atoms with Crippen LogP contribution in [0, 0.1) is 0 Å². The maximum atomic E-state index is 6.36. The van der Waals surface area contributed by atoms with Gasteiger partial charge in [-0.2, -0.15) is 4.98 Å². The molecule has 0 radical (unpaired) electrons. The maximum Gasteiger partial charge on any atom is 0.268 e. The first-order valence-electron chi connectivity index (χ1n) is 6.81. The average Bonchev–Trinajstić information content (AvgIpc) is 3.08. The summed E-state index contributed by atoms with van der Waals surface area (Å²) in [6.07, 6.45) is 4.20. The summed E-state index contributed by atoms with van der Waals surface area (Å²) in [6, 6.07) is 2.13. The lowest BCUT2D eigenvalue weighted by molar-refractivity contribution is 0.373. The normalized spacial score (nSPS) is 17.4. The van der Waals surface area contributed by atoms with Crippen LogP contribution < -0.4 is 5.73 Å². The summed E-state index contributed by atoms with van der Waals surface area (Å²) >= 11 is 1.65. The van der Waals surface area contributed by atoms with Crippen molar-refractivity contribution < 1.29 is 4.52 Å². The lowest BCUT2D eigenvalue weighted by Crippen LogP contribution is -2.34. The Bertz CT molecular complexity index is 572. The number of hydrogen-bond acceptors (Lipinski definition) is 5. The van der Waals surface area contributed by atoms with Gasteiger partial charge in [0.1, 0.15) is 0 Å². The molecule has 0 atom stereocenters. The van der Waals surface area contributed by atoms with Crippen LogP contribution in [0.25, 0.3) is 10.8 Å². The first-order valence-corrected chi connectivity index (χ1v) is 7.69. The highest BCUT2D eigenvalue weighted by molar-refractivity contribution is 7.13. The fourth-order valence-electron chi connectivity index (χ4n) is 2.70. The molecular formula is C14H20ClN3OS. The number of nitrogens with two attached hydrogens (primary N) is 1. The minimum atomic E-state index is -0.378. The molecule has 0 bridgehead atoms. The number of halogens is 1. The fourth-order valence-corrected chi connectivity index (χ4v) is 3.67. The number of thiophene rings is 1. The van der Waals surface area contributed by atoms with E-state index in [1.807, 2.05) is 0 Å². The standard InChI is InChI=1S/C14H19N3OS.ClH/c1-9(2)10-5-8-19-11(10)12-16-13(17-18-12)14(15)6-3-4-7-14;/h5,8-9H,3-4,6-7,15H2,1-2H3;1H. The van der Waals surface area contributed by atoms with Crippen molar-refractivity contribution in [1.82, 2.24) is 10.1 Å². The lowest BCUT2D eigenvalue weighted by atomic mass is 9.98. The predicted octanol–water partition coefficient (Wildman–Crippen LogP) is 4.07. The Balaban J connectivity index is 0.00000147. The summed E-state index contributed by atoms with van der Waals surface area (Å²) in [5, 5.41) is 6.19. The Morgan fingerprint density at radius 3 is 2.70 bits per heavy atom. The van der Waals surface area contributed by atoms with Gasteiger partial charge in [-0.25, -0.2) is 0 Å². The fraction of sp³-hybridized carbons (Fsp3) is 0.571. The lowest BCUT2D eigenvalue weighted by Gasteiger charge is -2.17. The van der Waals surface area contributed by atoms with Gasteiger partial charge in [0.05, 0.1) is 10.4 Å². The van der Waals surface area contributed by atoms with Gasteiger partial charge in [0.2, 0.25) is 0 Å². The van der Waals surface area contributed by atoms with Gasteiger partial charge in [-0.05, 0) is 35.8 Å². The molecular weight excluding hydrogens is 294 g/mol. The highest BCUT2D eigenvalue weighted by atomic mass is 35.5. The van der Waals surface area contributed by atoms with Gasteiger partial charge < -0.3 is 10.3 Å². The van der Waals surface area contributed by atoms with Crippen LogP contribution in [0.3, 0.4) is 0 Å². The van der Waals surface area contributed by atoms with E-state index in [1.54, 1.807) is 11.3 Å². The zero-order valence-corrected chi connectivity index (χ0v) is 13.4. The van der Waals surface area contributed by atoms with Crippen molar-refractivity contribution in [3.05, 3.63) is 22.8 Å². The van der Waals surface area contributed by atoms with Gasteiger partial charge in [0.25, 0.3) is 5.89 Å². The number of hydrogen-bond donors (Lipinski definition) is 1. The van der Waals surface area contributed by atoms with E-state index in [0.29, 0.717) is 17.6 Å². The molecule has 0 aliphatic heterocycles. The summed E-state index contributed by atoms with van der Waals surface area (Å²) in [7, 11) is 0. The molecule has 2 N–H and O–H groups in total. The summed E-state index contributed by atoms with van der Waals surface area (Å²) < 4.78 is 5.45. The zero-order chi connectivity index (χ0) is 13.5. The van der Waals surface area contributed by atoms with Crippen LogP contribution in [-0.2, 0) is 5.54 Å². The average molecular weight is 314 g/mol. The second-order valence-electron chi connectivity index (χ2n) is 5.65. The molecule has 1 aliphatic rings. The van der Waals surface area contributed by atoms with Gasteiger partial charge in [0.15, 0.2) is 5.82 Å². The highest BCUT2D eigenvalue weighted by Gasteiger charge is 2.36. The molecule has 1 aliphatic carbocycles. The second kappa shape index (κ2) is 5.84. The van der Waals surface area contributed by atoms with E-state index in [4.69, 9.17) is 10.3 Å². The Labute approximate surface area is 129 Å². The van der Waals surface area contributed by atoms with Crippen molar-refractivity contribution in [1.29, 1.82) is 0 Å². The minimum absolute atomic E-state index is 0. The van der Waals surface area contributed by atoms with E-state index in [1.165, 1.54) is 5.56 Å². The van der Waals surface area contributed by atoms with Gasteiger partial charge in [0, 0.05) is 0 Å². The van der Waals surface area contributed by atoms with E-state index < -0.39 is 0 Å². The third-order valence-electron chi connectivity index (χ3n) is 3.88. The summed E-state index contributed by atoms with van der Waals surface area (Å²) in [4.78, 5) is 5.64. The Kier molecular flexibility index (Phi) is 4.52. The molecule has 4 nitrogen and oxygen atoms in total. The quantitative estimate of drug-likeness (QED) is 0.927. The van der Waals surface area contributed by atoms with Crippen molar-refractivity contribution in [3.8, 4) is 10.8 Å². The first kappa shape index (κ1) is 15.5. The van der Waals surface area contributed by atoms with E-state index in [9.17, 15) is 0 Å². The molecule has 1 fully saturated rings. The van der Waals surface area contributed by atoms with Gasteiger partial charge >= 0.3 is 0 Å². The van der Waals surface area contributed by atoms with Crippen molar-refractivity contribution in [2.24, 2.45) is 5.73 Å². The molecule has 110 valence electrons. The molecule has 0 saturated heterocycles. The van der Waals surface area contributed by atoms with Crippen LogP contribution in [0.1, 0.15) is 56.8 Å². The van der Waals surface area contributed by atoms with Crippen LogP contribution in [-0.4, -0.2) is 10.1 Å². The zero-order valence-electron chi connectivity index (χ0n) is 11.8. The van der Waals surface area contributed by atoms with Crippen LogP contribution in [0.2, 0.25) is 0 Å². The molecule has 2 heterocycles. The SMILES string of the molecule is CC(C)c1ccsc1-c1nc(C2(N)CCCC2)no1.Cl. The van der Waals surface area contributed by atoms with Crippen LogP contribution in [0.4, 0.5) is 0 Å². The van der Waals surface area contributed by atoms with Gasteiger partial charge in [-0.1, -0.05) is 31.8 Å². The molecule has 0 aromatic carbocycles. The van der Waals surface area contributed by atoms with E-state index >= 15 is 0 Å². The molecule has 6 heteroatoms. The number of rotatable bonds is 3. The van der Waals surface area contributed by atoms with Crippen LogP contribution in [0.15, 0.2) is 16.0 Å². The molecule has 20 heavy (non-hydrogen) atoms. The first-order chi connectivity index (χ1) is 9.10. The Morgan fingerprint density at radius 1 is 1.35 bits per heavy atom. The molecule has 3 rings (SSSR count). The van der Waals surface area contributed by atoms with E-state index in [2.05, 4.69) is 35.4 Å². The molecule has 1 saturated carbocycles. The minimum Gasteiger partial charge on any atom is -0.333 e. The third kappa shape index (κ3) is 2.62. The monoisotopic (exact) mass is 313 g/mol. The topological polar surface area (TPSA) is 64.9 Å². The molecule has 0 unspecified atom stereocenters. The largest absolute Gasteiger partial charge is 0.333 e. The van der Waals surface area contributed by atoms with Crippen LogP contribution in [0.5, 0.6) is 0 Å². The van der Waals surface area contributed by atoms with Crippen molar-refractivity contribution >= 4 is 23.7 Å². The third-order valence-corrected chi connectivity index (χ3v) is 4.80. The Hall–Kier alpha value is -0.910. The molecule has 0 spiro atoms. The van der Waals surface area contributed by atoms with E-state index in [0.717, 1.165) is 30.6 Å². The van der Waals surface area contributed by atoms with Crippen molar-refractivity contribution in [3.63, 3.8) is 0 Å². The van der Waals surface area contributed by atoms with Crippen molar-refractivity contribution in [2.75, 3.05) is 0 Å². The maximum absolute atomic E-state index is 6.36. The Morgan fingerprint density at radius 2 is 2.05 bits per heavy atom. The number of nitrogens with zero attached hydrogens (tertiary/aromatic N) is 2. The molecule has 0 amide bonds. The smallest absolute Gasteiger partial charge is 0.268 e. The predicted molar refractivity (Wildman–Crippen MR) is 83.3 cm³/mol. The van der Waals surface area contributed by atoms with Gasteiger partial charge in [-0.3, -0.25) is 0 Å². The molecule has 2 aromatic rings. The van der Waals surface area contributed by atoms with Crippen molar-refractivity contribution in [2.45, 2.75) is 51.0 Å². The number of aromatic nitrogens is 2. The van der Waals surface area contributed by atoms with E-state index in [-0.39, 0.29) is 17.9 Å². The summed E-state index contributed by atoms with van der Waals surface area (Å²) in [5.74, 6) is 1.74. The summed E-state index contributed by atoms with van der Waals surface area (Å²) in [6.45, 7) is 4.34.